The molecule has 0 bridgehead atoms. The summed E-state index contributed by atoms with van der Waals surface area (Å²) >= 11 is 0. The summed E-state index contributed by atoms with van der Waals surface area (Å²) in [5.74, 6) is -2.19. The van der Waals surface area contributed by atoms with Crippen LogP contribution in [0.5, 0.6) is 0 Å². The molecule has 0 aromatic heterocycles. The molecule has 0 saturated heterocycles. The molecule has 3 heteroatoms. The van der Waals surface area contributed by atoms with Crippen molar-refractivity contribution in [2.45, 2.75) is 57.3 Å². The fraction of sp³-hybridized carbons (Fsp3) is 0.562. The Balaban J connectivity index is 2.17. The summed E-state index contributed by atoms with van der Waals surface area (Å²) in [4.78, 5) is 11.2. The Morgan fingerprint density at radius 2 is 1.95 bits per heavy atom. The zero-order chi connectivity index (χ0) is 13.9. The summed E-state index contributed by atoms with van der Waals surface area (Å²) in [5.41, 5.74) is 1.07. The Hall–Kier alpha value is -1.25. The number of alkyl halides is 2. The molecule has 1 aliphatic rings. The lowest BCUT2D eigenvalue weighted by atomic mass is 9.82. The quantitative estimate of drug-likeness (QED) is 0.764. The molecule has 104 valence electrons. The Labute approximate surface area is 113 Å². The van der Waals surface area contributed by atoms with E-state index in [0.717, 1.165) is 18.4 Å². The van der Waals surface area contributed by atoms with Gasteiger partial charge in [-0.25, -0.2) is 8.78 Å². The van der Waals surface area contributed by atoms with Crippen LogP contribution in [0.1, 0.15) is 62.5 Å². The van der Waals surface area contributed by atoms with Crippen LogP contribution >= 0.6 is 0 Å². The highest BCUT2D eigenvalue weighted by atomic mass is 19.3. The predicted molar refractivity (Wildman–Crippen MR) is 71.5 cm³/mol. The van der Waals surface area contributed by atoms with Gasteiger partial charge >= 0.3 is 0 Å². The van der Waals surface area contributed by atoms with Gasteiger partial charge in [-0.15, -0.1) is 0 Å². The normalized spacial score (nSPS) is 17.7. The zero-order valence-corrected chi connectivity index (χ0v) is 11.3. The minimum absolute atomic E-state index is 0.112. The fourth-order valence-electron chi connectivity index (χ4n) is 2.75. The van der Waals surface area contributed by atoms with Crippen molar-refractivity contribution in [2.24, 2.45) is 0 Å². The van der Waals surface area contributed by atoms with Gasteiger partial charge in [0.05, 0.1) is 0 Å². The second kappa shape index (κ2) is 5.81. The summed E-state index contributed by atoms with van der Waals surface area (Å²) in [7, 11) is 0. The smallest absolute Gasteiger partial charge is 0.273 e. The van der Waals surface area contributed by atoms with Crippen molar-refractivity contribution >= 4 is 5.78 Å². The second-order valence-electron chi connectivity index (χ2n) is 5.39. The van der Waals surface area contributed by atoms with E-state index in [0.29, 0.717) is 25.0 Å². The van der Waals surface area contributed by atoms with Crippen molar-refractivity contribution < 1.29 is 13.6 Å². The number of ketones is 1. The van der Waals surface area contributed by atoms with Crippen molar-refractivity contribution in [2.75, 3.05) is 0 Å². The van der Waals surface area contributed by atoms with Crippen LogP contribution in [0.25, 0.3) is 0 Å². The molecular formula is C16H20F2O. The van der Waals surface area contributed by atoms with E-state index >= 15 is 0 Å². The summed E-state index contributed by atoms with van der Waals surface area (Å²) in [6.07, 6.45) is 3.11. The Bertz CT molecular complexity index is 444. The molecule has 1 aromatic carbocycles. The van der Waals surface area contributed by atoms with E-state index in [1.807, 2.05) is 6.07 Å². The molecule has 2 rings (SSSR count). The van der Waals surface area contributed by atoms with Crippen molar-refractivity contribution in [3.05, 3.63) is 35.4 Å². The van der Waals surface area contributed by atoms with Crippen molar-refractivity contribution in [3.8, 4) is 0 Å². The van der Waals surface area contributed by atoms with Gasteiger partial charge < -0.3 is 0 Å². The number of hydrogen-bond donors (Lipinski definition) is 0. The van der Waals surface area contributed by atoms with Gasteiger partial charge in [0.15, 0.2) is 0 Å². The number of rotatable bonds is 4. The van der Waals surface area contributed by atoms with Crippen LogP contribution in [-0.4, -0.2) is 5.78 Å². The predicted octanol–water partition coefficient (Wildman–Crippen LogP) is 4.81. The van der Waals surface area contributed by atoms with Gasteiger partial charge in [0.25, 0.3) is 5.92 Å². The van der Waals surface area contributed by atoms with E-state index in [4.69, 9.17) is 0 Å². The van der Waals surface area contributed by atoms with Crippen molar-refractivity contribution in [3.63, 3.8) is 0 Å². The molecule has 1 fully saturated rings. The largest absolute Gasteiger partial charge is 0.300 e. The van der Waals surface area contributed by atoms with Crippen LogP contribution in [0.3, 0.4) is 0 Å². The van der Waals surface area contributed by atoms with Crippen molar-refractivity contribution in [1.29, 1.82) is 0 Å². The first-order valence-corrected chi connectivity index (χ1v) is 7.03. The van der Waals surface area contributed by atoms with Gasteiger partial charge in [0, 0.05) is 24.8 Å². The van der Waals surface area contributed by atoms with Gasteiger partial charge in [0.2, 0.25) is 0 Å². The average Bonchev–Trinajstić information content (AvgIpc) is 2.40. The minimum atomic E-state index is -2.74. The zero-order valence-electron chi connectivity index (χ0n) is 11.3. The number of Topliss-reactive ketones (excluding diaryl/α,β-unsaturated/α-hetero) is 1. The standard InChI is InChI=1S/C16H20F2O/c1-2-10-16(17,18)14-5-3-4-13(11-14)12-6-8-15(19)9-7-12/h3-5,11-12H,2,6-10H2,1H3. The third kappa shape index (κ3) is 3.40. The first kappa shape index (κ1) is 14.2. The van der Waals surface area contributed by atoms with E-state index in [2.05, 4.69) is 0 Å². The van der Waals surface area contributed by atoms with Gasteiger partial charge in [-0.3, -0.25) is 4.79 Å². The lowest BCUT2D eigenvalue weighted by molar-refractivity contribution is -0.120. The van der Waals surface area contributed by atoms with Crippen LogP contribution < -0.4 is 0 Å². The molecule has 0 amide bonds. The monoisotopic (exact) mass is 266 g/mol. The molecule has 19 heavy (non-hydrogen) atoms. The molecule has 0 radical (unpaired) electrons. The number of benzene rings is 1. The highest BCUT2D eigenvalue weighted by molar-refractivity contribution is 5.79. The summed E-state index contributed by atoms with van der Waals surface area (Å²) in [6.45, 7) is 1.77. The molecule has 1 aliphatic carbocycles. The van der Waals surface area contributed by atoms with Gasteiger partial charge in [-0.05, 0) is 30.4 Å². The summed E-state index contributed by atoms with van der Waals surface area (Å²) in [6, 6.07) is 6.76. The topological polar surface area (TPSA) is 17.1 Å². The maximum absolute atomic E-state index is 13.9. The van der Waals surface area contributed by atoms with E-state index in [1.54, 1.807) is 19.1 Å². The van der Waals surface area contributed by atoms with E-state index in [-0.39, 0.29) is 17.9 Å². The molecule has 0 N–H and O–H groups in total. The third-order valence-electron chi connectivity index (χ3n) is 3.89. The van der Waals surface area contributed by atoms with Crippen LogP contribution in [0.4, 0.5) is 8.78 Å². The highest BCUT2D eigenvalue weighted by Crippen LogP contribution is 2.37. The minimum Gasteiger partial charge on any atom is -0.300 e. The summed E-state index contributed by atoms with van der Waals surface area (Å²) < 4.78 is 27.8. The highest BCUT2D eigenvalue weighted by Gasteiger charge is 2.31. The molecule has 0 aliphatic heterocycles. The van der Waals surface area contributed by atoms with Gasteiger partial charge in [0.1, 0.15) is 5.78 Å². The Kier molecular flexibility index (Phi) is 4.33. The number of carbonyl (C=O) groups is 1. The molecule has 0 heterocycles. The number of hydrogen-bond acceptors (Lipinski definition) is 1. The molecule has 0 unspecified atom stereocenters. The van der Waals surface area contributed by atoms with E-state index in [1.165, 1.54) is 6.07 Å². The average molecular weight is 266 g/mol. The maximum atomic E-state index is 13.9. The number of carbonyl (C=O) groups excluding carboxylic acids is 1. The molecule has 1 saturated carbocycles. The lowest BCUT2D eigenvalue weighted by Gasteiger charge is -2.23. The molecular weight excluding hydrogens is 246 g/mol. The van der Waals surface area contributed by atoms with Crippen LogP contribution in [-0.2, 0) is 10.7 Å². The SMILES string of the molecule is CCCC(F)(F)c1cccc(C2CCC(=O)CC2)c1. The van der Waals surface area contributed by atoms with E-state index in [9.17, 15) is 13.6 Å². The summed E-state index contributed by atoms with van der Waals surface area (Å²) in [5, 5.41) is 0. The lowest BCUT2D eigenvalue weighted by Crippen LogP contribution is -2.15. The molecule has 0 spiro atoms. The molecule has 0 atom stereocenters. The Morgan fingerprint density at radius 3 is 2.58 bits per heavy atom. The maximum Gasteiger partial charge on any atom is 0.273 e. The third-order valence-corrected chi connectivity index (χ3v) is 3.89. The van der Waals surface area contributed by atoms with Crippen LogP contribution in [0, 0.1) is 0 Å². The van der Waals surface area contributed by atoms with Gasteiger partial charge in [-0.1, -0.05) is 31.5 Å². The van der Waals surface area contributed by atoms with Crippen LogP contribution in [0.15, 0.2) is 24.3 Å². The van der Waals surface area contributed by atoms with Crippen molar-refractivity contribution in [1.82, 2.24) is 0 Å². The second-order valence-corrected chi connectivity index (χ2v) is 5.39. The first-order valence-electron chi connectivity index (χ1n) is 7.03. The fourth-order valence-corrected chi connectivity index (χ4v) is 2.75. The molecule has 1 aromatic rings. The number of halogens is 2. The van der Waals surface area contributed by atoms with E-state index < -0.39 is 5.92 Å². The Morgan fingerprint density at radius 1 is 1.26 bits per heavy atom. The molecule has 1 nitrogen and oxygen atoms in total. The first-order chi connectivity index (χ1) is 9.03. The van der Waals surface area contributed by atoms with Crippen LogP contribution in [0.2, 0.25) is 0 Å². The van der Waals surface area contributed by atoms with Gasteiger partial charge in [-0.2, -0.15) is 0 Å².